The number of amides is 1. The Kier molecular flexibility index (Phi) is 4.74. The minimum absolute atomic E-state index is 0.176. The van der Waals surface area contributed by atoms with E-state index < -0.39 is 0 Å². The second kappa shape index (κ2) is 6.95. The fourth-order valence-corrected chi connectivity index (χ4v) is 3.34. The SMILES string of the molecule is C[C@H]1CN(C)c2ccccc2CN1C(=O)CCc1ccc(O)cc1. The van der Waals surface area contributed by atoms with Crippen LogP contribution in [0.25, 0.3) is 0 Å². The van der Waals surface area contributed by atoms with Crippen molar-refractivity contribution in [3.05, 3.63) is 59.7 Å². The van der Waals surface area contributed by atoms with Crippen LogP contribution in [0.15, 0.2) is 48.5 Å². The molecule has 0 fully saturated rings. The summed E-state index contributed by atoms with van der Waals surface area (Å²) in [6.45, 7) is 3.61. The number of carbonyl (C=O) groups excluding carboxylic acids is 1. The molecule has 1 heterocycles. The minimum Gasteiger partial charge on any atom is -0.508 e. The van der Waals surface area contributed by atoms with Gasteiger partial charge in [0.1, 0.15) is 5.75 Å². The average Bonchev–Trinajstić information content (AvgIpc) is 2.71. The maximum Gasteiger partial charge on any atom is 0.223 e. The number of rotatable bonds is 3. The predicted octanol–water partition coefficient (Wildman–Crippen LogP) is 3.19. The molecule has 1 amide bonds. The summed E-state index contributed by atoms with van der Waals surface area (Å²) in [7, 11) is 2.08. The minimum atomic E-state index is 0.176. The molecule has 1 aliphatic rings. The van der Waals surface area contributed by atoms with Gasteiger partial charge in [-0.2, -0.15) is 0 Å². The van der Waals surface area contributed by atoms with Crippen molar-refractivity contribution in [2.24, 2.45) is 0 Å². The van der Waals surface area contributed by atoms with Gasteiger partial charge >= 0.3 is 0 Å². The van der Waals surface area contributed by atoms with Gasteiger partial charge in [0, 0.05) is 38.3 Å². The zero-order valence-electron chi connectivity index (χ0n) is 14.3. The van der Waals surface area contributed by atoms with Gasteiger partial charge in [-0.25, -0.2) is 0 Å². The molecule has 0 radical (unpaired) electrons. The molecule has 0 unspecified atom stereocenters. The number of hydrogen-bond acceptors (Lipinski definition) is 3. The van der Waals surface area contributed by atoms with Crippen molar-refractivity contribution in [3.63, 3.8) is 0 Å². The monoisotopic (exact) mass is 324 g/mol. The van der Waals surface area contributed by atoms with Crippen LogP contribution in [0.1, 0.15) is 24.5 Å². The van der Waals surface area contributed by atoms with Gasteiger partial charge in [0.25, 0.3) is 0 Å². The Bertz CT molecular complexity index is 712. The number of aryl methyl sites for hydroxylation is 1. The van der Waals surface area contributed by atoms with Gasteiger partial charge in [0.15, 0.2) is 0 Å². The summed E-state index contributed by atoms with van der Waals surface area (Å²) in [5.74, 6) is 0.437. The Morgan fingerprint density at radius 2 is 1.88 bits per heavy atom. The zero-order chi connectivity index (χ0) is 17.1. The van der Waals surface area contributed by atoms with Crippen molar-refractivity contribution in [1.29, 1.82) is 0 Å². The van der Waals surface area contributed by atoms with Crippen LogP contribution in [0.4, 0.5) is 5.69 Å². The largest absolute Gasteiger partial charge is 0.508 e. The Morgan fingerprint density at radius 3 is 2.62 bits per heavy atom. The van der Waals surface area contributed by atoms with Crippen LogP contribution >= 0.6 is 0 Å². The lowest BCUT2D eigenvalue weighted by Gasteiger charge is -2.28. The van der Waals surface area contributed by atoms with Crippen LogP contribution in [-0.4, -0.2) is 35.5 Å². The fraction of sp³-hybridized carbons (Fsp3) is 0.350. The zero-order valence-corrected chi connectivity index (χ0v) is 14.3. The summed E-state index contributed by atoms with van der Waals surface area (Å²) >= 11 is 0. The Labute approximate surface area is 143 Å². The summed E-state index contributed by atoms with van der Waals surface area (Å²) in [6.07, 6.45) is 1.18. The molecule has 0 aromatic heterocycles. The molecule has 0 aliphatic carbocycles. The smallest absolute Gasteiger partial charge is 0.223 e. The highest BCUT2D eigenvalue weighted by atomic mass is 16.3. The lowest BCUT2D eigenvalue weighted by Crippen LogP contribution is -2.42. The Hall–Kier alpha value is -2.49. The molecule has 0 saturated carbocycles. The van der Waals surface area contributed by atoms with E-state index in [1.807, 2.05) is 29.2 Å². The molecule has 1 aliphatic heterocycles. The molecule has 4 heteroatoms. The number of fused-ring (bicyclic) bond motifs is 1. The van der Waals surface area contributed by atoms with Crippen LogP contribution in [0, 0.1) is 0 Å². The van der Waals surface area contributed by atoms with Crippen molar-refractivity contribution in [2.75, 3.05) is 18.5 Å². The van der Waals surface area contributed by atoms with Crippen molar-refractivity contribution < 1.29 is 9.90 Å². The maximum absolute atomic E-state index is 12.8. The molecule has 1 atom stereocenters. The first-order valence-corrected chi connectivity index (χ1v) is 8.41. The molecular formula is C20H24N2O2. The third-order valence-corrected chi connectivity index (χ3v) is 4.70. The molecule has 24 heavy (non-hydrogen) atoms. The van der Waals surface area contributed by atoms with Gasteiger partial charge < -0.3 is 14.9 Å². The van der Waals surface area contributed by atoms with Gasteiger partial charge in [0.2, 0.25) is 5.91 Å². The summed E-state index contributed by atoms with van der Waals surface area (Å²) in [5.41, 5.74) is 3.47. The number of nitrogens with zero attached hydrogens (tertiary/aromatic N) is 2. The van der Waals surface area contributed by atoms with Crippen LogP contribution < -0.4 is 4.90 Å². The normalized spacial score (nSPS) is 17.3. The molecule has 0 spiro atoms. The molecule has 126 valence electrons. The highest BCUT2D eigenvalue weighted by Gasteiger charge is 2.26. The van der Waals surface area contributed by atoms with Crippen molar-refractivity contribution >= 4 is 11.6 Å². The van der Waals surface area contributed by atoms with Gasteiger partial charge in [-0.1, -0.05) is 30.3 Å². The lowest BCUT2D eigenvalue weighted by atomic mass is 10.1. The molecule has 2 aromatic carbocycles. The average molecular weight is 324 g/mol. The number of phenolic OH excluding ortho intramolecular Hbond substituents is 1. The first-order chi connectivity index (χ1) is 11.5. The number of hydrogen-bond donors (Lipinski definition) is 1. The van der Waals surface area contributed by atoms with E-state index in [0.29, 0.717) is 19.4 Å². The number of anilines is 1. The molecule has 0 saturated heterocycles. The van der Waals surface area contributed by atoms with E-state index in [1.54, 1.807) is 12.1 Å². The lowest BCUT2D eigenvalue weighted by molar-refractivity contribution is -0.133. The van der Waals surface area contributed by atoms with Crippen molar-refractivity contribution in [2.45, 2.75) is 32.4 Å². The van der Waals surface area contributed by atoms with E-state index in [4.69, 9.17) is 0 Å². The summed E-state index contributed by atoms with van der Waals surface area (Å²) in [6, 6.07) is 15.5. The summed E-state index contributed by atoms with van der Waals surface area (Å²) in [4.78, 5) is 17.0. The molecular weight excluding hydrogens is 300 g/mol. The Balaban J connectivity index is 1.70. The fourth-order valence-electron chi connectivity index (χ4n) is 3.34. The molecule has 2 aromatic rings. The highest BCUT2D eigenvalue weighted by molar-refractivity contribution is 5.77. The van der Waals surface area contributed by atoms with Crippen LogP contribution in [0.5, 0.6) is 5.75 Å². The van der Waals surface area contributed by atoms with E-state index in [0.717, 1.165) is 12.1 Å². The van der Waals surface area contributed by atoms with E-state index in [-0.39, 0.29) is 17.7 Å². The maximum atomic E-state index is 12.8. The van der Waals surface area contributed by atoms with Gasteiger partial charge in [0.05, 0.1) is 0 Å². The quantitative estimate of drug-likeness (QED) is 0.943. The van der Waals surface area contributed by atoms with E-state index in [2.05, 4.69) is 31.0 Å². The van der Waals surface area contributed by atoms with E-state index in [9.17, 15) is 9.90 Å². The third-order valence-electron chi connectivity index (χ3n) is 4.70. The van der Waals surface area contributed by atoms with E-state index >= 15 is 0 Å². The molecule has 0 bridgehead atoms. The Morgan fingerprint density at radius 1 is 1.17 bits per heavy atom. The first-order valence-electron chi connectivity index (χ1n) is 8.41. The summed E-state index contributed by atoms with van der Waals surface area (Å²) in [5, 5.41) is 9.34. The van der Waals surface area contributed by atoms with Gasteiger partial charge in [-0.15, -0.1) is 0 Å². The number of para-hydroxylation sites is 1. The van der Waals surface area contributed by atoms with Gasteiger partial charge in [-0.05, 0) is 42.7 Å². The molecule has 3 rings (SSSR count). The van der Waals surface area contributed by atoms with Crippen LogP contribution in [-0.2, 0) is 17.8 Å². The van der Waals surface area contributed by atoms with Gasteiger partial charge in [-0.3, -0.25) is 4.79 Å². The number of carbonyl (C=O) groups is 1. The van der Waals surface area contributed by atoms with Crippen LogP contribution in [0.2, 0.25) is 0 Å². The topological polar surface area (TPSA) is 43.8 Å². The second-order valence-electron chi connectivity index (χ2n) is 6.55. The number of benzene rings is 2. The number of likely N-dealkylation sites (N-methyl/N-ethyl adjacent to an activating group) is 1. The predicted molar refractivity (Wildman–Crippen MR) is 96.2 cm³/mol. The van der Waals surface area contributed by atoms with Crippen molar-refractivity contribution in [1.82, 2.24) is 4.90 Å². The molecule has 1 N–H and O–H groups in total. The van der Waals surface area contributed by atoms with Crippen molar-refractivity contribution in [3.8, 4) is 5.75 Å². The number of aromatic hydroxyl groups is 1. The standard InChI is InChI=1S/C20H24N2O2/c1-15-13-21(2)19-6-4-3-5-17(19)14-22(15)20(24)12-9-16-7-10-18(23)11-8-16/h3-8,10-11,15,23H,9,12-14H2,1-2H3/t15-/m0/s1. The first kappa shape index (κ1) is 16.4. The number of phenols is 1. The highest BCUT2D eigenvalue weighted by Crippen LogP contribution is 2.26. The molecule has 4 nitrogen and oxygen atoms in total. The summed E-state index contributed by atoms with van der Waals surface area (Å²) < 4.78 is 0. The second-order valence-corrected chi connectivity index (χ2v) is 6.55. The van der Waals surface area contributed by atoms with Crippen LogP contribution in [0.3, 0.4) is 0 Å². The third kappa shape index (κ3) is 3.53. The van der Waals surface area contributed by atoms with E-state index in [1.165, 1.54) is 11.3 Å².